The van der Waals surface area contributed by atoms with Gasteiger partial charge in [-0.05, 0) is 32.1 Å². The summed E-state index contributed by atoms with van der Waals surface area (Å²) in [5, 5.41) is 3.27. The normalized spacial score (nSPS) is 22.0. The lowest BCUT2D eigenvalue weighted by Crippen LogP contribution is -2.42. The molecule has 3 aliphatic rings. The number of carbonyl (C=O) groups is 2. The Labute approximate surface area is 188 Å². The Balaban J connectivity index is 1.47. The summed E-state index contributed by atoms with van der Waals surface area (Å²) in [6.45, 7) is 5.44. The Morgan fingerprint density at radius 2 is 1.84 bits per heavy atom. The molecule has 8 heteroatoms. The first-order chi connectivity index (χ1) is 15.4. The highest BCUT2D eigenvalue weighted by Crippen LogP contribution is 2.35. The van der Waals surface area contributed by atoms with Gasteiger partial charge in [0.05, 0.1) is 29.5 Å². The van der Waals surface area contributed by atoms with E-state index in [1.54, 1.807) is 4.90 Å². The van der Waals surface area contributed by atoms with Crippen LogP contribution in [0.4, 0.5) is 0 Å². The zero-order valence-corrected chi connectivity index (χ0v) is 19.1. The van der Waals surface area contributed by atoms with Crippen molar-refractivity contribution in [2.24, 2.45) is 11.8 Å². The molecule has 8 nitrogen and oxygen atoms in total. The summed E-state index contributed by atoms with van der Waals surface area (Å²) in [4.78, 5) is 47.5. The van der Waals surface area contributed by atoms with E-state index >= 15 is 0 Å². The number of rotatable bonds is 3. The molecule has 2 aliphatic heterocycles. The van der Waals surface area contributed by atoms with Gasteiger partial charge in [0.2, 0.25) is 11.8 Å². The van der Waals surface area contributed by atoms with Crippen molar-refractivity contribution < 1.29 is 9.59 Å². The topological polar surface area (TPSA) is 90.8 Å². The molecule has 0 spiro atoms. The number of hydrogen-bond donors (Lipinski definition) is 1. The lowest BCUT2D eigenvalue weighted by atomic mass is 9.96. The van der Waals surface area contributed by atoms with Gasteiger partial charge < -0.3 is 9.80 Å². The summed E-state index contributed by atoms with van der Waals surface area (Å²) in [6, 6.07) is 1.91. The van der Waals surface area contributed by atoms with Crippen LogP contribution in [0.1, 0.15) is 81.8 Å². The van der Waals surface area contributed by atoms with Gasteiger partial charge in [-0.3, -0.25) is 19.5 Å². The number of amides is 2. The van der Waals surface area contributed by atoms with Crippen molar-refractivity contribution in [3.8, 4) is 0 Å². The van der Waals surface area contributed by atoms with Gasteiger partial charge in [-0.25, -0.2) is 9.50 Å². The van der Waals surface area contributed by atoms with E-state index in [9.17, 15) is 14.4 Å². The van der Waals surface area contributed by atoms with Gasteiger partial charge in [-0.2, -0.15) is 0 Å². The highest BCUT2D eigenvalue weighted by molar-refractivity contribution is 5.80. The molecule has 1 saturated heterocycles. The number of carbonyl (C=O) groups excluding carboxylic acids is 2. The van der Waals surface area contributed by atoms with Crippen LogP contribution in [0.2, 0.25) is 0 Å². The summed E-state index contributed by atoms with van der Waals surface area (Å²) in [5.41, 5.74) is 2.74. The number of nitrogens with zero attached hydrogens (tertiary/aromatic N) is 4. The number of aromatic nitrogens is 3. The molecule has 2 fully saturated rings. The van der Waals surface area contributed by atoms with E-state index in [1.165, 1.54) is 4.52 Å². The minimum Gasteiger partial charge on any atom is -0.337 e. The number of piperidine rings is 1. The maximum absolute atomic E-state index is 13.3. The molecule has 1 aliphatic carbocycles. The molecule has 1 atom stereocenters. The van der Waals surface area contributed by atoms with Gasteiger partial charge in [0.25, 0.3) is 5.56 Å². The van der Waals surface area contributed by atoms with Crippen LogP contribution in [-0.4, -0.2) is 49.3 Å². The summed E-state index contributed by atoms with van der Waals surface area (Å²) in [6.07, 6.45) is 7.86. The van der Waals surface area contributed by atoms with Gasteiger partial charge in [-0.1, -0.05) is 26.7 Å². The molecular formula is C24H33N5O3. The van der Waals surface area contributed by atoms with Crippen LogP contribution < -0.4 is 5.56 Å². The van der Waals surface area contributed by atoms with E-state index < -0.39 is 0 Å². The lowest BCUT2D eigenvalue weighted by molar-refractivity contribution is -0.139. The average molecular weight is 440 g/mol. The Kier molecular flexibility index (Phi) is 5.55. The minimum absolute atomic E-state index is 0.0333. The molecule has 32 heavy (non-hydrogen) atoms. The van der Waals surface area contributed by atoms with Crippen molar-refractivity contribution >= 4 is 17.5 Å². The molecule has 0 bridgehead atoms. The third kappa shape index (κ3) is 3.63. The Morgan fingerprint density at radius 1 is 1.09 bits per heavy atom. The number of nitrogens with one attached hydrogen (secondary N) is 1. The fraction of sp³-hybridized carbons (Fsp3) is 0.667. The quantitative estimate of drug-likeness (QED) is 0.796. The predicted octanol–water partition coefficient (Wildman–Crippen LogP) is 2.81. The highest BCUT2D eigenvalue weighted by atomic mass is 16.2. The van der Waals surface area contributed by atoms with Crippen molar-refractivity contribution in [1.82, 2.24) is 24.4 Å². The van der Waals surface area contributed by atoms with Gasteiger partial charge in [0.1, 0.15) is 0 Å². The maximum atomic E-state index is 13.3. The van der Waals surface area contributed by atoms with Crippen LogP contribution in [0.5, 0.6) is 0 Å². The van der Waals surface area contributed by atoms with Gasteiger partial charge in [0.15, 0.2) is 5.65 Å². The zero-order chi connectivity index (χ0) is 22.4. The molecule has 0 aromatic carbocycles. The lowest BCUT2D eigenvalue weighted by Gasteiger charge is -2.36. The molecule has 2 amide bonds. The number of hydrogen-bond acceptors (Lipinski definition) is 4. The largest absolute Gasteiger partial charge is 0.337 e. The van der Waals surface area contributed by atoms with E-state index in [4.69, 9.17) is 4.98 Å². The van der Waals surface area contributed by atoms with E-state index in [2.05, 4.69) is 5.10 Å². The highest BCUT2D eigenvalue weighted by Gasteiger charge is 2.35. The second-order valence-electron chi connectivity index (χ2n) is 9.94. The SMILES string of the molecule is CC(C)C(=O)N1CCc2nc3cc([C@H]4CCCCN4C(=O)C4CCCC4)[nH]n3c(=O)c2C1. The third-order valence-electron chi connectivity index (χ3n) is 7.44. The second kappa shape index (κ2) is 8.37. The number of likely N-dealkylation sites (tertiary alicyclic amines) is 1. The van der Waals surface area contributed by atoms with Gasteiger partial charge in [-0.15, -0.1) is 0 Å². The summed E-state index contributed by atoms with van der Waals surface area (Å²) >= 11 is 0. The minimum atomic E-state index is -0.137. The summed E-state index contributed by atoms with van der Waals surface area (Å²) < 4.78 is 1.50. The average Bonchev–Trinajstić information content (AvgIpc) is 3.48. The first kappa shape index (κ1) is 21.2. The van der Waals surface area contributed by atoms with Gasteiger partial charge >= 0.3 is 0 Å². The van der Waals surface area contributed by atoms with Crippen LogP contribution in [0, 0.1) is 11.8 Å². The Morgan fingerprint density at radius 3 is 2.59 bits per heavy atom. The molecule has 2 aromatic rings. The van der Waals surface area contributed by atoms with Crippen LogP contribution >= 0.6 is 0 Å². The fourth-order valence-electron chi connectivity index (χ4n) is 5.65. The monoisotopic (exact) mass is 439 g/mol. The molecule has 2 aromatic heterocycles. The molecule has 1 N–H and O–H groups in total. The number of fused-ring (bicyclic) bond motifs is 2. The maximum Gasteiger partial charge on any atom is 0.277 e. The van der Waals surface area contributed by atoms with Gasteiger partial charge in [0, 0.05) is 37.4 Å². The molecule has 0 radical (unpaired) electrons. The summed E-state index contributed by atoms with van der Waals surface area (Å²) in [5.74, 6) is 0.393. The van der Waals surface area contributed by atoms with Crippen molar-refractivity contribution in [3.63, 3.8) is 0 Å². The molecular weight excluding hydrogens is 406 g/mol. The van der Waals surface area contributed by atoms with E-state index in [0.717, 1.165) is 62.9 Å². The van der Waals surface area contributed by atoms with Crippen molar-refractivity contribution in [1.29, 1.82) is 0 Å². The van der Waals surface area contributed by atoms with Crippen molar-refractivity contribution in [2.75, 3.05) is 13.1 Å². The van der Waals surface area contributed by atoms with Crippen molar-refractivity contribution in [3.05, 3.63) is 33.4 Å². The molecule has 0 unspecified atom stereocenters. The smallest absolute Gasteiger partial charge is 0.277 e. The predicted molar refractivity (Wildman–Crippen MR) is 120 cm³/mol. The van der Waals surface area contributed by atoms with Crippen LogP contribution in [-0.2, 0) is 22.6 Å². The van der Waals surface area contributed by atoms with E-state index in [-0.39, 0.29) is 35.3 Å². The van der Waals surface area contributed by atoms with Crippen molar-refractivity contribution in [2.45, 2.75) is 77.8 Å². The zero-order valence-electron chi connectivity index (χ0n) is 19.1. The second-order valence-corrected chi connectivity index (χ2v) is 9.94. The first-order valence-corrected chi connectivity index (χ1v) is 12.2. The summed E-state index contributed by atoms with van der Waals surface area (Å²) in [7, 11) is 0. The molecule has 1 saturated carbocycles. The molecule has 172 valence electrons. The van der Waals surface area contributed by atoms with Crippen LogP contribution in [0.15, 0.2) is 10.9 Å². The molecule has 5 rings (SSSR count). The third-order valence-corrected chi connectivity index (χ3v) is 7.44. The number of aromatic amines is 1. The van der Waals surface area contributed by atoms with E-state index in [1.807, 2.05) is 24.8 Å². The standard InChI is InChI=1S/C24H33N5O3/c1-15(2)22(30)27-12-10-18-17(14-27)24(32)29-21(25-18)13-19(26-29)20-9-5-6-11-28(20)23(31)16-7-3-4-8-16/h13,15-16,20,26H,3-12,14H2,1-2H3/t20-/m1/s1. The number of H-pyrrole nitrogens is 1. The fourth-order valence-corrected chi connectivity index (χ4v) is 5.65. The van der Waals surface area contributed by atoms with Crippen LogP contribution in [0.3, 0.4) is 0 Å². The molecule has 4 heterocycles. The Hall–Kier alpha value is -2.64. The van der Waals surface area contributed by atoms with E-state index in [0.29, 0.717) is 30.7 Å². The Bertz CT molecular complexity index is 1090. The first-order valence-electron chi connectivity index (χ1n) is 12.2. The van der Waals surface area contributed by atoms with Crippen LogP contribution in [0.25, 0.3) is 5.65 Å².